The van der Waals surface area contributed by atoms with Crippen LogP contribution in [0.3, 0.4) is 0 Å². The summed E-state index contributed by atoms with van der Waals surface area (Å²) < 4.78 is 6.01. The lowest BCUT2D eigenvalue weighted by Gasteiger charge is -2.25. The van der Waals surface area contributed by atoms with Gasteiger partial charge in [0.05, 0.1) is 17.6 Å². The van der Waals surface area contributed by atoms with E-state index in [2.05, 4.69) is 51.5 Å². The first-order chi connectivity index (χ1) is 8.49. The molecule has 18 heavy (non-hydrogen) atoms. The van der Waals surface area contributed by atoms with Gasteiger partial charge in [-0.05, 0) is 24.7 Å². The van der Waals surface area contributed by atoms with Crippen LogP contribution in [0.4, 0.5) is 0 Å². The van der Waals surface area contributed by atoms with E-state index in [1.807, 2.05) is 0 Å². The fraction of sp³-hybridized carbons (Fsp3) is 0.733. The minimum Gasteiger partial charge on any atom is -0.473 e. The Morgan fingerprint density at radius 1 is 1.00 bits per heavy atom. The maximum absolute atomic E-state index is 6.01. The average Bonchev–Trinajstić information content (AvgIpc) is 2.34. The number of hydrogen-bond acceptors (Lipinski definition) is 3. The second-order valence-corrected chi connectivity index (χ2v) is 5.38. The van der Waals surface area contributed by atoms with Gasteiger partial charge in [0.1, 0.15) is 6.10 Å². The van der Waals surface area contributed by atoms with Crippen molar-refractivity contribution in [2.45, 2.75) is 60.5 Å². The second kappa shape index (κ2) is 6.72. The molecule has 0 spiro atoms. The normalized spacial score (nSPS) is 11.6. The Morgan fingerprint density at radius 2 is 1.56 bits per heavy atom. The lowest BCUT2D eigenvalue weighted by atomic mass is 9.96. The Morgan fingerprint density at radius 3 is 2.00 bits per heavy atom. The van der Waals surface area contributed by atoms with Gasteiger partial charge in [0, 0.05) is 0 Å². The van der Waals surface area contributed by atoms with Gasteiger partial charge in [0.2, 0.25) is 5.88 Å². The molecule has 0 unspecified atom stereocenters. The molecule has 0 saturated heterocycles. The molecule has 0 aliphatic carbocycles. The van der Waals surface area contributed by atoms with E-state index in [1.165, 1.54) is 0 Å². The van der Waals surface area contributed by atoms with E-state index in [-0.39, 0.29) is 6.10 Å². The highest BCUT2D eigenvalue weighted by Crippen LogP contribution is 2.20. The molecule has 0 radical (unpaired) electrons. The van der Waals surface area contributed by atoms with Gasteiger partial charge in [-0.3, -0.25) is 4.98 Å². The van der Waals surface area contributed by atoms with Crippen LogP contribution in [0.2, 0.25) is 0 Å². The van der Waals surface area contributed by atoms with E-state index in [0.717, 1.165) is 24.2 Å². The Balaban J connectivity index is 2.90. The van der Waals surface area contributed by atoms with Crippen molar-refractivity contribution in [3.05, 3.63) is 17.6 Å². The highest BCUT2D eigenvalue weighted by atomic mass is 16.5. The first kappa shape index (κ1) is 14.9. The zero-order chi connectivity index (χ0) is 13.7. The summed E-state index contributed by atoms with van der Waals surface area (Å²) in [5.41, 5.74) is 2.14. The van der Waals surface area contributed by atoms with Crippen molar-refractivity contribution in [3.8, 4) is 5.88 Å². The van der Waals surface area contributed by atoms with Gasteiger partial charge in [-0.15, -0.1) is 0 Å². The maximum Gasteiger partial charge on any atom is 0.232 e. The molecule has 0 bridgehead atoms. The van der Waals surface area contributed by atoms with E-state index >= 15 is 0 Å². The third kappa shape index (κ3) is 3.69. The first-order valence-corrected chi connectivity index (χ1v) is 7.00. The molecule has 0 atom stereocenters. The monoisotopic (exact) mass is 250 g/mol. The molecule has 0 aliphatic rings. The molecule has 0 amide bonds. The SMILES string of the molecule is CCc1ncc(OC(C(C)C)C(C)C)nc1CC. The fourth-order valence-corrected chi connectivity index (χ4v) is 2.25. The van der Waals surface area contributed by atoms with Crippen LogP contribution in [0.15, 0.2) is 6.20 Å². The van der Waals surface area contributed by atoms with Crippen LogP contribution in [0.5, 0.6) is 5.88 Å². The Labute approximate surface area is 111 Å². The van der Waals surface area contributed by atoms with Crippen molar-refractivity contribution in [1.29, 1.82) is 0 Å². The molecule has 3 nitrogen and oxygen atoms in total. The van der Waals surface area contributed by atoms with Crippen molar-refractivity contribution >= 4 is 0 Å². The first-order valence-electron chi connectivity index (χ1n) is 7.00. The molecule has 1 aromatic rings. The van der Waals surface area contributed by atoms with Crippen molar-refractivity contribution in [3.63, 3.8) is 0 Å². The number of hydrogen-bond donors (Lipinski definition) is 0. The summed E-state index contributed by atoms with van der Waals surface area (Å²) in [4.78, 5) is 9.03. The highest BCUT2D eigenvalue weighted by Gasteiger charge is 2.20. The van der Waals surface area contributed by atoms with Gasteiger partial charge in [-0.25, -0.2) is 4.98 Å². The number of rotatable bonds is 6. The third-order valence-electron chi connectivity index (χ3n) is 3.15. The standard InChI is InChI=1S/C15H26N2O/c1-7-12-13(8-2)17-14(9-16-12)18-15(10(3)4)11(5)6/h9-11,15H,7-8H2,1-6H3. The molecule has 0 aromatic carbocycles. The van der Waals surface area contributed by atoms with E-state index in [1.54, 1.807) is 6.20 Å². The molecule has 3 heteroatoms. The quantitative estimate of drug-likeness (QED) is 0.773. The summed E-state index contributed by atoms with van der Waals surface area (Å²) in [6, 6.07) is 0. The van der Waals surface area contributed by atoms with Crippen LogP contribution in [-0.4, -0.2) is 16.1 Å². The van der Waals surface area contributed by atoms with Crippen LogP contribution < -0.4 is 4.74 Å². The third-order valence-corrected chi connectivity index (χ3v) is 3.15. The molecule has 102 valence electrons. The van der Waals surface area contributed by atoms with Crippen molar-refractivity contribution < 1.29 is 4.74 Å². The number of ether oxygens (including phenoxy) is 1. The molecule has 1 heterocycles. The van der Waals surface area contributed by atoms with Crippen molar-refractivity contribution in [2.24, 2.45) is 11.8 Å². The zero-order valence-electron chi connectivity index (χ0n) is 12.5. The molecule has 0 fully saturated rings. The summed E-state index contributed by atoms with van der Waals surface area (Å²) in [6.45, 7) is 12.9. The van der Waals surface area contributed by atoms with E-state index in [0.29, 0.717) is 17.7 Å². The van der Waals surface area contributed by atoms with Crippen LogP contribution >= 0.6 is 0 Å². The molecule has 1 aromatic heterocycles. The predicted molar refractivity (Wildman–Crippen MR) is 74.9 cm³/mol. The van der Waals surface area contributed by atoms with Gasteiger partial charge in [-0.1, -0.05) is 41.5 Å². The lowest BCUT2D eigenvalue weighted by molar-refractivity contribution is 0.0988. The number of nitrogens with zero attached hydrogens (tertiary/aromatic N) is 2. The lowest BCUT2D eigenvalue weighted by Crippen LogP contribution is -2.29. The molecule has 0 saturated carbocycles. The van der Waals surface area contributed by atoms with Crippen LogP contribution in [-0.2, 0) is 12.8 Å². The Kier molecular flexibility index (Phi) is 5.57. The summed E-state index contributed by atoms with van der Waals surface area (Å²) >= 11 is 0. The van der Waals surface area contributed by atoms with Crippen molar-refractivity contribution in [2.75, 3.05) is 0 Å². The predicted octanol–water partition coefficient (Wildman–Crippen LogP) is 3.66. The Bertz CT molecular complexity index is 367. The summed E-state index contributed by atoms with van der Waals surface area (Å²) in [7, 11) is 0. The van der Waals surface area contributed by atoms with Crippen LogP contribution in [0, 0.1) is 11.8 Å². The molecule has 0 N–H and O–H groups in total. The number of aryl methyl sites for hydroxylation is 2. The van der Waals surface area contributed by atoms with E-state index < -0.39 is 0 Å². The van der Waals surface area contributed by atoms with Crippen molar-refractivity contribution in [1.82, 2.24) is 9.97 Å². The Hall–Kier alpha value is -1.12. The van der Waals surface area contributed by atoms with E-state index in [9.17, 15) is 0 Å². The summed E-state index contributed by atoms with van der Waals surface area (Å²) in [6.07, 6.45) is 3.78. The highest BCUT2D eigenvalue weighted by molar-refractivity contribution is 5.17. The van der Waals surface area contributed by atoms with Gasteiger partial charge in [0.15, 0.2) is 0 Å². The minimum absolute atomic E-state index is 0.191. The van der Waals surface area contributed by atoms with Crippen LogP contribution in [0.25, 0.3) is 0 Å². The second-order valence-electron chi connectivity index (χ2n) is 5.38. The maximum atomic E-state index is 6.01. The molecular weight excluding hydrogens is 224 g/mol. The van der Waals surface area contributed by atoms with Gasteiger partial charge in [0.25, 0.3) is 0 Å². The van der Waals surface area contributed by atoms with Crippen LogP contribution in [0.1, 0.15) is 52.9 Å². The smallest absolute Gasteiger partial charge is 0.232 e. The van der Waals surface area contributed by atoms with Gasteiger partial charge < -0.3 is 4.74 Å². The molecule has 0 aliphatic heterocycles. The molecule has 1 rings (SSSR count). The fourth-order valence-electron chi connectivity index (χ4n) is 2.25. The van der Waals surface area contributed by atoms with Gasteiger partial charge >= 0.3 is 0 Å². The summed E-state index contributed by atoms with van der Waals surface area (Å²) in [5.74, 6) is 1.61. The topological polar surface area (TPSA) is 35.0 Å². The molecular formula is C15H26N2O. The minimum atomic E-state index is 0.191. The largest absolute Gasteiger partial charge is 0.473 e. The van der Waals surface area contributed by atoms with Gasteiger partial charge in [-0.2, -0.15) is 0 Å². The van der Waals surface area contributed by atoms with E-state index in [4.69, 9.17) is 4.74 Å². The zero-order valence-corrected chi connectivity index (χ0v) is 12.5. The summed E-state index contributed by atoms with van der Waals surface area (Å²) in [5, 5.41) is 0. The number of aromatic nitrogens is 2. The average molecular weight is 250 g/mol.